The van der Waals surface area contributed by atoms with Crippen LogP contribution in [-0.2, 0) is 6.54 Å². The van der Waals surface area contributed by atoms with Gasteiger partial charge in [0.05, 0.1) is 5.69 Å². The molecule has 19 heavy (non-hydrogen) atoms. The van der Waals surface area contributed by atoms with Crippen LogP contribution in [0.4, 0.5) is 5.82 Å². The maximum absolute atomic E-state index is 12.1. The van der Waals surface area contributed by atoms with Crippen molar-refractivity contribution in [3.05, 3.63) is 46.6 Å². The molecule has 5 N–H and O–H groups in total. The van der Waals surface area contributed by atoms with Crippen molar-refractivity contribution in [1.82, 2.24) is 19.5 Å². The Morgan fingerprint density at radius 1 is 1.42 bits per heavy atom. The molecule has 3 aromatic rings. The Labute approximate surface area is 107 Å². The average Bonchev–Trinajstić information content (AvgIpc) is 2.76. The molecule has 3 rings (SSSR count). The van der Waals surface area contributed by atoms with E-state index in [2.05, 4.69) is 21.0 Å². The van der Waals surface area contributed by atoms with E-state index >= 15 is 0 Å². The molecule has 0 aliphatic rings. The Balaban J connectivity index is 2.40. The standard InChI is InChI=1S/C12H11N6O/c13-5-7-3-1-2-4-8(7)18-11-9(17-12(18)19)10(14)15-6-16-11/h1,3-4,6H,5,13H2,(H,17,19)(H2,14,15,16). The van der Waals surface area contributed by atoms with Crippen LogP contribution in [0.1, 0.15) is 5.56 Å². The summed E-state index contributed by atoms with van der Waals surface area (Å²) in [5.41, 5.74) is 13.4. The summed E-state index contributed by atoms with van der Waals surface area (Å²) in [6.45, 7) is 0.309. The number of nitrogens with two attached hydrogens (primary N) is 2. The van der Waals surface area contributed by atoms with Gasteiger partial charge in [0.2, 0.25) is 0 Å². The maximum Gasteiger partial charge on any atom is 0.332 e. The summed E-state index contributed by atoms with van der Waals surface area (Å²) in [5.74, 6) is 0.232. The minimum absolute atomic E-state index is 0.232. The zero-order valence-electron chi connectivity index (χ0n) is 9.92. The minimum atomic E-state index is -0.337. The number of hydrogen-bond acceptors (Lipinski definition) is 5. The van der Waals surface area contributed by atoms with Gasteiger partial charge in [-0.15, -0.1) is 0 Å². The van der Waals surface area contributed by atoms with Gasteiger partial charge >= 0.3 is 5.69 Å². The Kier molecular flexibility index (Phi) is 2.53. The first-order valence-electron chi connectivity index (χ1n) is 5.63. The van der Waals surface area contributed by atoms with Crippen LogP contribution in [0.5, 0.6) is 0 Å². The van der Waals surface area contributed by atoms with E-state index in [1.54, 1.807) is 12.1 Å². The monoisotopic (exact) mass is 255 g/mol. The predicted molar refractivity (Wildman–Crippen MR) is 70.6 cm³/mol. The first-order valence-corrected chi connectivity index (χ1v) is 5.63. The number of aromatic nitrogens is 4. The van der Waals surface area contributed by atoms with Gasteiger partial charge in [0, 0.05) is 6.54 Å². The second-order valence-corrected chi connectivity index (χ2v) is 3.98. The third kappa shape index (κ3) is 1.67. The van der Waals surface area contributed by atoms with E-state index in [1.165, 1.54) is 10.9 Å². The summed E-state index contributed by atoms with van der Waals surface area (Å²) in [6.07, 6.45) is 1.32. The third-order valence-corrected chi connectivity index (χ3v) is 2.89. The van der Waals surface area contributed by atoms with E-state index in [0.29, 0.717) is 23.4 Å². The van der Waals surface area contributed by atoms with Crippen LogP contribution in [0, 0.1) is 6.07 Å². The van der Waals surface area contributed by atoms with Crippen LogP contribution in [0.3, 0.4) is 0 Å². The van der Waals surface area contributed by atoms with Gasteiger partial charge in [-0.3, -0.25) is 0 Å². The SMILES string of the molecule is NCc1cc[c]cc1-n1c(=O)[nH]c2c(N)ncnc21. The lowest BCUT2D eigenvalue weighted by Crippen LogP contribution is -2.17. The molecule has 7 nitrogen and oxygen atoms in total. The van der Waals surface area contributed by atoms with Crippen molar-refractivity contribution in [1.29, 1.82) is 0 Å². The van der Waals surface area contributed by atoms with Gasteiger partial charge < -0.3 is 16.5 Å². The molecule has 0 unspecified atom stereocenters. The number of nitrogens with one attached hydrogen (secondary N) is 1. The fraction of sp³-hybridized carbons (Fsp3) is 0.0833. The Morgan fingerprint density at radius 3 is 3.05 bits per heavy atom. The predicted octanol–water partition coefficient (Wildman–Crippen LogP) is -0.0501. The zero-order valence-corrected chi connectivity index (χ0v) is 9.92. The average molecular weight is 255 g/mol. The van der Waals surface area contributed by atoms with E-state index in [1.807, 2.05) is 6.07 Å². The van der Waals surface area contributed by atoms with E-state index in [9.17, 15) is 4.79 Å². The number of fused-ring (bicyclic) bond motifs is 1. The Bertz CT molecular complexity index is 803. The number of anilines is 1. The molecule has 0 aliphatic carbocycles. The number of aromatic amines is 1. The van der Waals surface area contributed by atoms with Gasteiger partial charge in [0.15, 0.2) is 11.5 Å². The highest BCUT2D eigenvalue weighted by Gasteiger charge is 2.14. The minimum Gasteiger partial charge on any atom is -0.382 e. The highest BCUT2D eigenvalue weighted by molar-refractivity contribution is 5.82. The summed E-state index contributed by atoms with van der Waals surface area (Å²) < 4.78 is 1.42. The van der Waals surface area contributed by atoms with Gasteiger partial charge in [-0.2, -0.15) is 0 Å². The van der Waals surface area contributed by atoms with Gasteiger partial charge in [-0.1, -0.05) is 12.1 Å². The molecule has 1 aromatic carbocycles. The quantitative estimate of drug-likeness (QED) is 0.593. The smallest absolute Gasteiger partial charge is 0.332 e. The van der Waals surface area contributed by atoms with Gasteiger partial charge in [-0.05, 0) is 17.7 Å². The molecular weight excluding hydrogens is 244 g/mol. The first-order chi connectivity index (χ1) is 9.22. The second-order valence-electron chi connectivity index (χ2n) is 3.98. The van der Waals surface area contributed by atoms with Crippen LogP contribution in [0.15, 0.2) is 29.3 Å². The number of hydrogen-bond donors (Lipinski definition) is 3. The third-order valence-electron chi connectivity index (χ3n) is 2.89. The van der Waals surface area contributed by atoms with E-state index in [-0.39, 0.29) is 11.5 Å². The number of nitrogen functional groups attached to an aromatic ring is 1. The summed E-state index contributed by atoms with van der Waals surface area (Å²) in [4.78, 5) is 22.7. The highest BCUT2D eigenvalue weighted by Crippen LogP contribution is 2.18. The van der Waals surface area contributed by atoms with E-state index in [4.69, 9.17) is 11.5 Å². The van der Waals surface area contributed by atoms with Crippen molar-refractivity contribution >= 4 is 17.0 Å². The van der Waals surface area contributed by atoms with Crippen molar-refractivity contribution < 1.29 is 0 Å². The van der Waals surface area contributed by atoms with Crippen molar-refractivity contribution in [2.24, 2.45) is 5.73 Å². The molecule has 0 aliphatic heterocycles. The number of H-pyrrole nitrogens is 1. The number of rotatable bonds is 2. The number of benzene rings is 1. The Hall–Kier alpha value is -2.67. The van der Waals surface area contributed by atoms with Crippen LogP contribution < -0.4 is 17.2 Å². The van der Waals surface area contributed by atoms with E-state index in [0.717, 1.165) is 5.56 Å². The van der Waals surface area contributed by atoms with Crippen LogP contribution >= 0.6 is 0 Å². The van der Waals surface area contributed by atoms with Gasteiger partial charge in [0.25, 0.3) is 0 Å². The molecule has 1 radical (unpaired) electrons. The van der Waals surface area contributed by atoms with Crippen LogP contribution in [0.2, 0.25) is 0 Å². The van der Waals surface area contributed by atoms with Gasteiger partial charge in [-0.25, -0.2) is 19.3 Å². The summed E-state index contributed by atoms with van der Waals surface area (Å²) >= 11 is 0. The lowest BCUT2D eigenvalue weighted by molar-refractivity contribution is 0.952. The molecular formula is C12H11N6O. The maximum atomic E-state index is 12.1. The van der Waals surface area contributed by atoms with Crippen molar-refractivity contribution in [3.8, 4) is 5.69 Å². The molecule has 0 saturated heterocycles. The molecule has 95 valence electrons. The summed E-state index contributed by atoms with van der Waals surface area (Å²) in [5, 5.41) is 0. The van der Waals surface area contributed by atoms with Crippen LogP contribution in [0.25, 0.3) is 16.9 Å². The lowest BCUT2D eigenvalue weighted by atomic mass is 10.2. The molecule has 0 spiro atoms. The Morgan fingerprint density at radius 2 is 2.26 bits per heavy atom. The molecule has 0 atom stereocenters. The van der Waals surface area contributed by atoms with Gasteiger partial charge in [0.1, 0.15) is 11.8 Å². The number of imidazole rings is 1. The largest absolute Gasteiger partial charge is 0.382 e. The fourth-order valence-electron chi connectivity index (χ4n) is 2.00. The van der Waals surface area contributed by atoms with E-state index < -0.39 is 0 Å². The van der Waals surface area contributed by atoms with Crippen molar-refractivity contribution in [2.75, 3.05) is 5.73 Å². The lowest BCUT2D eigenvalue weighted by Gasteiger charge is -2.07. The summed E-state index contributed by atoms with van der Waals surface area (Å²) in [6, 6.07) is 8.17. The van der Waals surface area contributed by atoms with Crippen molar-refractivity contribution in [2.45, 2.75) is 6.54 Å². The van der Waals surface area contributed by atoms with Crippen LogP contribution in [-0.4, -0.2) is 19.5 Å². The molecule has 2 aromatic heterocycles. The molecule has 0 amide bonds. The highest BCUT2D eigenvalue weighted by atomic mass is 16.1. The fourth-order valence-corrected chi connectivity index (χ4v) is 2.00. The molecule has 0 saturated carbocycles. The summed E-state index contributed by atoms with van der Waals surface area (Å²) in [7, 11) is 0. The topological polar surface area (TPSA) is 116 Å². The normalized spacial score (nSPS) is 11.0. The molecule has 0 bridgehead atoms. The van der Waals surface area contributed by atoms with Crippen molar-refractivity contribution in [3.63, 3.8) is 0 Å². The molecule has 7 heteroatoms. The number of nitrogens with zero attached hydrogens (tertiary/aromatic N) is 3. The second kappa shape index (κ2) is 4.21. The zero-order chi connectivity index (χ0) is 13.4. The molecule has 2 heterocycles. The molecule has 0 fully saturated rings. The first kappa shape index (κ1) is 11.4.